The van der Waals surface area contributed by atoms with Gasteiger partial charge in [0.25, 0.3) is 0 Å². The van der Waals surface area contributed by atoms with Crippen molar-refractivity contribution >= 4 is 23.0 Å². The summed E-state index contributed by atoms with van der Waals surface area (Å²) in [6.45, 7) is 8.02. The zero-order valence-electron chi connectivity index (χ0n) is 15.2. The number of fused-ring (bicyclic) bond motifs is 2. The highest BCUT2D eigenvalue weighted by Crippen LogP contribution is 2.34. The maximum Gasteiger partial charge on any atom is 0.171 e. The molecule has 0 amide bonds. The first-order chi connectivity index (χ1) is 11.5. The topological polar surface area (TPSA) is 27.3 Å². The number of aryl methyl sites for hydroxylation is 1. The Morgan fingerprint density at radius 2 is 1.88 bits per heavy atom. The summed E-state index contributed by atoms with van der Waals surface area (Å²) in [6, 6.07) is 10.3. The molecule has 2 heterocycles. The van der Waals surface area contributed by atoms with Crippen LogP contribution in [0.25, 0.3) is 0 Å². The van der Waals surface area contributed by atoms with Crippen molar-refractivity contribution in [2.24, 2.45) is 5.92 Å². The van der Waals surface area contributed by atoms with Crippen molar-refractivity contribution in [3.05, 3.63) is 29.8 Å². The largest absolute Gasteiger partial charge is 0.360 e. The SMILES string of the molecule is Cc1ccccc1NC(=S)NC1C[C@@H]2CCC[C@@H](C1)N2CC(C)C. The van der Waals surface area contributed by atoms with Crippen LogP contribution in [0.4, 0.5) is 5.69 Å². The molecule has 1 aromatic carbocycles. The summed E-state index contributed by atoms with van der Waals surface area (Å²) in [5.74, 6) is 0.751. The van der Waals surface area contributed by atoms with Crippen molar-refractivity contribution in [1.29, 1.82) is 0 Å². The Labute approximate surface area is 152 Å². The van der Waals surface area contributed by atoms with Crippen molar-refractivity contribution in [3.8, 4) is 0 Å². The molecule has 2 saturated heterocycles. The molecule has 1 aromatic rings. The van der Waals surface area contributed by atoms with E-state index in [1.807, 2.05) is 6.07 Å². The number of hydrogen-bond donors (Lipinski definition) is 2. The number of para-hydroxylation sites is 1. The van der Waals surface area contributed by atoms with E-state index in [1.165, 1.54) is 44.2 Å². The molecule has 2 bridgehead atoms. The fourth-order valence-corrected chi connectivity index (χ4v) is 4.65. The van der Waals surface area contributed by atoms with Crippen molar-refractivity contribution in [2.45, 2.75) is 71.0 Å². The van der Waals surface area contributed by atoms with E-state index in [4.69, 9.17) is 12.2 Å². The minimum Gasteiger partial charge on any atom is -0.360 e. The first-order valence-corrected chi connectivity index (χ1v) is 9.82. The van der Waals surface area contributed by atoms with Crippen molar-refractivity contribution in [2.75, 3.05) is 11.9 Å². The molecular formula is C20H31N3S. The van der Waals surface area contributed by atoms with Gasteiger partial charge < -0.3 is 10.6 Å². The summed E-state index contributed by atoms with van der Waals surface area (Å²) < 4.78 is 0. The van der Waals surface area contributed by atoms with Gasteiger partial charge in [0.05, 0.1) is 0 Å². The molecule has 24 heavy (non-hydrogen) atoms. The van der Waals surface area contributed by atoms with Crippen LogP contribution in [-0.4, -0.2) is 34.7 Å². The number of benzene rings is 1. The Hall–Kier alpha value is -1.13. The number of hydrogen-bond acceptors (Lipinski definition) is 2. The molecule has 2 aliphatic rings. The molecule has 0 unspecified atom stereocenters. The van der Waals surface area contributed by atoms with Gasteiger partial charge in [-0.15, -0.1) is 0 Å². The maximum absolute atomic E-state index is 5.57. The number of thiocarbonyl (C=S) groups is 1. The average Bonchev–Trinajstić information content (AvgIpc) is 2.50. The standard InChI is InChI=1S/C20H31N3S/c1-14(2)13-23-17-8-6-9-18(23)12-16(11-17)21-20(24)22-19-10-5-4-7-15(19)3/h4-5,7,10,14,16-18H,6,8-9,11-13H2,1-3H3,(H2,21,22,24)/t17-,18-/m0/s1. The Balaban J connectivity index is 1.57. The molecule has 2 aliphatic heterocycles. The van der Waals surface area contributed by atoms with E-state index in [9.17, 15) is 0 Å². The molecular weight excluding hydrogens is 314 g/mol. The van der Waals surface area contributed by atoms with Crippen molar-refractivity contribution < 1.29 is 0 Å². The highest BCUT2D eigenvalue weighted by Gasteiger charge is 2.38. The van der Waals surface area contributed by atoms with Gasteiger partial charge in [-0.05, 0) is 62.4 Å². The second-order valence-corrected chi connectivity index (χ2v) is 8.32. The number of piperidine rings is 2. The summed E-state index contributed by atoms with van der Waals surface area (Å²) in [7, 11) is 0. The zero-order chi connectivity index (χ0) is 17.1. The normalized spacial score (nSPS) is 27.1. The monoisotopic (exact) mass is 345 g/mol. The van der Waals surface area contributed by atoms with Crippen molar-refractivity contribution in [3.63, 3.8) is 0 Å². The number of nitrogens with one attached hydrogen (secondary N) is 2. The van der Waals surface area contributed by atoms with E-state index in [0.717, 1.165) is 28.8 Å². The Morgan fingerprint density at radius 3 is 2.50 bits per heavy atom. The quantitative estimate of drug-likeness (QED) is 0.795. The van der Waals surface area contributed by atoms with E-state index in [-0.39, 0.29) is 0 Å². The molecule has 3 rings (SSSR count). The molecule has 0 spiro atoms. The lowest BCUT2D eigenvalue weighted by molar-refractivity contribution is 0.0191. The molecule has 0 aliphatic carbocycles. The van der Waals surface area contributed by atoms with E-state index < -0.39 is 0 Å². The Bertz CT molecular complexity index is 558. The van der Waals surface area contributed by atoms with E-state index >= 15 is 0 Å². The molecule has 132 valence electrons. The van der Waals surface area contributed by atoms with Gasteiger partial charge in [-0.2, -0.15) is 0 Å². The van der Waals surface area contributed by atoms with Crippen LogP contribution in [0.3, 0.4) is 0 Å². The molecule has 0 saturated carbocycles. The summed E-state index contributed by atoms with van der Waals surface area (Å²) >= 11 is 5.57. The molecule has 2 N–H and O–H groups in total. The Kier molecular flexibility index (Phi) is 5.77. The van der Waals surface area contributed by atoms with Crippen LogP contribution in [0.1, 0.15) is 51.5 Å². The van der Waals surface area contributed by atoms with Gasteiger partial charge in [0.15, 0.2) is 5.11 Å². The number of nitrogens with zero attached hydrogens (tertiary/aromatic N) is 1. The molecule has 0 aromatic heterocycles. The number of rotatable bonds is 4. The predicted octanol–water partition coefficient (Wildman–Crippen LogP) is 4.32. The second kappa shape index (κ2) is 7.83. The third kappa shape index (κ3) is 4.28. The smallest absolute Gasteiger partial charge is 0.171 e. The third-order valence-electron chi connectivity index (χ3n) is 5.43. The number of anilines is 1. The van der Waals surface area contributed by atoms with Gasteiger partial charge in [-0.3, -0.25) is 4.90 Å². The first-order valence-electron chi connectivity index (χ1n) is 9.42. The van der Waals surface area contributed by atoms with Crippen molar-refractivity contribution in [1.82, 2.24) is 10.2 Å². The van der Waals surface area contributed by atoms with Crippen LogP contribution < -0.4 is 10.6 Å². The minimum atomic E-state index is 0.507. The van der Waals surface area contributed by atoms with Gasteiger partial charge in [-0.25, -0.2) is 0 Å². The summed E-state index contributed by atoms with van der Waals surface area (Å²) in [5.41, 5.74) is 2.33. The van der Waals surface area contributed by atoms with Crippen LogP contribution in [0, 0.1) is 12.8 Å². The predicted molar refractivity (Wildman–Crippen MR) is 107 cm³/mol. The van der Waals surface area contributed by atoms with Crippen LogP contribution in [0.15, 0.2) is 24.3 Å². The first kappa shape index (κ1) is 17.7. The maximum atomic E-state index is 5.57. The van der Waals surface area contributed by atoms with Gasteiger partial charge in [-0.1, -0.05) is 38.5 Å². The van der Waals surface area contributed by atoms with Crippen LogP contribution in [0.5, 0.6) is 0 Å². The highest BCUT2D eigenvalue weighted by atomic mass is 32.1. The summed E-state index contributed by atoms with van der Waals surface area (Å²) in [4.78, 5) is 2.78. The van der Waals surface area contributed by atoms with E-state index in [0.29, 0.717) is 6.04 Å². The molecule has 2 atom stereocenters. The fourth-order valence-electron chi connectivity index (χ4n) is 4.37. The van der Waals surface area contributed by atoms with Crippen LogP contribution in [0.2, 0.25) is 0 Å². The molecule has 4 heteroatoms. The lowest BCUT2D eigenvalue weighted by atomic mass is 9.81. The van der Waals surface area contributed by atoms with Gasteiger partial charge in [0.2, 0.25) is 0 Å². The average molecular weight is 346 g/mol. The second-order valence-electron chi connectivity index (χ2n) is 7.91. The minimum absolute atomic E-state index is 0.507. The van der Waals surface area contributed by atoms with Crippen LogP contribution in [-0.2, 0) is 0 Å². The Morgan fingerprint density at radius 1 is 1.21 bits per heavy atom. The molecule has 0 radical (unpaired) electrons. The highest BCUT2D eigenvalue weighted by molar-refractivity contribution is 7.80. The van der Waals surface area contributed by atoms with Gasteiger partial charge in [0.1, 0.15) is 0 Å². The molecule has 3 nitrogen and oxygen atoms in total. The van der Waals surface area contributed by atoms with Gasteiger partial charge in [0, 0.05) is 30.4 Å². The lowest BCUT2D eigenvalue weighted by Gasteiger charge is -2.49. The molecule has 2 fully saturated rings. The van der Waals surface area contributed by atoms with E-state index in [1.54, 1.807) is 0 Å². The fraction of sp³-hybridized carbons (Fsp3) is 0.650. The summed E-state index contributed by atoms with van der Waals surface area (Å²) in [6.07, 6.45) is 6.53. The van der Waals surface area contributed by atoms with Crippen LogP contribution >= 0.6 is 12.2 Å². The zero-order valence-corrected chi connectivity index (χ0v) is 16.0. The summed E-state index contributed by atoms with van der Waals surface area (Å²) in [5, 5.41) is 7.73. The van der Waals surface area contributed by atoms with E-state index in [2.05, 4.69) is 54.5 Å². The van der Waals surface area contributed by atoms with Gasteiger partial charge >= 0.3 is 0 Å². The third-order valence-corrected chi connectivity index (χ3v) is 5.65. The lowest BCUT2D eigenvalue weighted by Crippen LogP contribution is -2.58.